The monoisotopic (exact) mass is 681 g/mol. The van der Waals surface area contributed by atoms with Gasteiger partial charge in [0.05, 0.1) is 6.04 Å². The average molecular weight is 682 g/mol. The van der Waals surface area contributed by atoms with E-state index < -0.39 is 122 Å². The van der Waals surface area contributed by atoms with E-state index in [1.54, 1.807) is 13.8 Å². The average Bonchev–Trinajstić information content (AvgIpc) is 3.01. The number of hydrogen-bond donors (Lipinski definition) is 10. The quantitative estimate of drug-likeness (QED) is 0.0697. The predicted molar refractivity (Wildman–Crippen MR) is 165 cm³/mol. The van der Waals surface area contributed by atoms with Gasteiger partial charge in [0.1, 0.15) is 29.9 Å². The number of benzene rings is 1. The molecule has 0 fully saturated rings. The van der Waals surface area contributed by atoms with Crippen molar-refractivity contribution in [3.05, 3.63) is 29.8 Å². The smallest absolute Gasteiger partial charge is 0.326 e. The second-order valence-corrected chi connectivity index (χ2v) is 11.2. The Bertz CT molecular complexity index is 1320. The number of hydrogen-bond acceptors (Lipinski definition) is 10. The molecule has 1 aromatic rings. The summed E-state index contributed by atoms with van der Waals surface area (Å²) in [5, 5.41) is 55.6. The van der Waals surface area contributed by atoms with Gasteiger partial charge in [0.15, 0.2) is 0 Å². The number of carbonyl (C=O) groups excluding carboxylic acids is 4. The first-order valence-electron chi connectivity index (χ1n) is 15.1. The van der Waals surface area contributed by atoms with Gasteiger partial charge in [0, 0.05) is 19.3 Å². The molecule has 18 heteroatoms. The minimum absolute atomic E-state index is 0.0203. The van der Waals surface area contributed by atoms with Crippen molar-refractivity contribution in [1.82, 2.24) is 21.3 Å². The van der Waals surface area contributed by atoms with Gasteiger partial charge in [-0.2, -0.15) is 0 Å². The van der Waals surface area contributed by atoms with Gasteiger partial charge in [-0.3, -0.25) is 33.6 Å². The van der Waals surface area contributed by atoms with Gasteiger partial charge in [-0.05, 0) is 49.3 Å². The molecule has 266 valence electrons. The lowest BCUT2D eigenvalue weighted by atomic mass is 9.98. The van der Waals surface area contributed by atoms with E-state index in [1.165, 1.54) is 24.3 Å². The van der Waals surface area contributed by atoms with Crippen LogP contribution in [0.2, 0.25) is 0 Å². The highest BCUT2D eigenvalue weighted by Gasteiger charge is 2.33. The molecule has 6 atom stereocenters. The molecule has 0 bridgehead atoms. The van der Waals surface area contributed by atoms with Crippen LogP contribution in [0, 0.1) is 5.92 Å². The summed E-state index contributed by atoms with van der Waals surface area (Å²) < 4.78 is 0. The molecule has 18 nitrogen and oxygen atoms in total. The lowest BCUT2D eigenvalue weighted by molar-refractivity contribution is -0.144. The molecule has 0 saturated heterocycles. The summed E-state index contributed by atoms with van der Waals surface area (Å²) in [6, 6.07) is -1.67. The van der Waals surface area contributed by atoms with E-state index >= 15 is 0 Å². The highest BCUT2D eigenvalue weighted by Crippen LogP contribution is 2.12. The van der Waals surface area contributed by atoms with E-state index in [1.807, 2.05) is 0 Å². The number of carbonyl (C=O) groups is 8. The third kappa shape index (κ3) is 14.9. The Labute approximate surface area is 275 Å². The number of rotatable bonds is 22. The van der Waals surface area contributed by atoms with Gasteiger partial charge in [-0.1, -0.05) is 32.4 Å². The van der Waals surface area contributed by atoms with Gasteiger partial charge < -0.3 is 52.5 Å². The first-order valence-corrected chi connectivity index (χ1v) is 15.1. The maximum atomic E-state index is 13.3. The van der Waals surface area contributed by atoms with E-state index in [0.717, 1.165) is 0 Å². The molecule has 48 heavy (non-hydrogen) atoms. The van der Waals surface area contributed by atoms with Crippen LogP contribution < -0.4 is 27.0 Å². The maximum Gasteiger partial charge on any atom is 0.326 e. The molecule has 0 aliphatic heterocycles. The number of amides is 4. The number of nitrogens with one attached hydrogen (secondary N) is 4. The Morgan fingerprint density at radius 2 is 1.02 bits per heavy atom. The third-order valence-corrected chi connectivity index (χ3v) is 7.35. The molecule has 0 aliphatic rings. The van der Waals surface area contributed by atoms with Crippen LogP contribution in [0.15, 0.2) is 24.3 Å². The lowest BCUT2D eigenvalue weighted by Gasteiger charge is -2.27. The van der Waals surface area contributed by atoms with E-state index in [0.29, 0.717) is 12.0 Å². The minimum atomic E-state index is -1.67. The molecular weight excluding hydrogens is 638 g/mol. The van der Waals surface area contributed by atoms with Crippen molar-refractivity contribution in [3.8, 4) is 5.75 Å². The summed E-state index contributed by atoms with van der Waals surface area (Å²) in [4.78, 5) is 98.1. The highest BCUT2D eigenvalue weighted by atomic mass is 16.4. The van der Waals surface area contributed by atoms with E-state index in [2.05, 4.69) is 21.3 Å². The minimum Gasteiger partial charge on any atom is -0.508 e. The van der Waals surface area contributed by atoms with E-state index in [-0.39, 0.29) is 12.2 Å². The van der Waals surface area contributed by atoms with Crippen molar-refractivity contribution in [3.63, 3.8) is 0 Å². The number of aromatic hydroxyl groups is 1. The fraction of sp³-hybridized carbons (Fsp3) is 0.533. The number of carboxylic acids is 4. The molecule has 0 heterocycles. The van der Waals surface area contributed by atoms with Crippen LogP contribution in [-0.4, -0.2) is 103 Å². The molecule has 0 aliphatic carbocycles. The number of aliphatic carboxylic acids is 4. The van der Waals surface area contributed by atoms with Gasteiger partial charge in [0.2, 0.25) is 23.6 Å². The first-order chi connectivity index (χ1) is 22.4. The molecule has 0 saturated carbocycles. The van der Waals surface area contributed by atoms with Gasteiger partial charge in [-0.15, -0.1) is 0 Å². The third-order valence-electron chi connectivity index (χ3n) is 7.35. The number of phenolic OH excluding ortho intramolecular Hbond substituents is 1. The molecule has 0 radical (unpaired) electrons. The Hall–Kier alpha value is -5.26. The van der Waals surface area contributed by atoms with Crippen LogP contribution in [0.1, 0.15) is 64.4 Å². The molecule has 11 N–H and O–H groups in total. The molecule has 1 rings (SSSR count). The second kappa shape index (κ2) is 20.1. The Morgan fingerprint density at radius 1 is 0.646 bits per heavy atom. The summed E-state index contributed by atoms with van der Waals surface area (Å²) in [5.41, 5.74) is 6.53. The first kappa shape index (κ1) is 40.8. The summed E-state index contributed by atoms with van der Waals surface area (Å²) in [5.74, 6) is -10.1. The maximum absolute atomic E-state index is 13.3. The summed E-state index contributed by atoms with van der Waals surface area (Å²) in [6.07, 6.45) is -3.04. The van der Waals surface area contributed by atoms with E-state index in [9.17, 15) is 58.8 Å². The molecule has 6 unspecified atom stereocenters. The van der Waals surface area contributed by atoms with Crippen molar-refractivity contribution < 1.29 is 63.9 Å². The zero-order valence-electron chi connectivity index (χ0n) is 26.5. The zero-order chi connectivity index (χ0) is 36.6. The lowest BCUT2D eigenvalue weighted by Crippen LogP contribution is -2.59. The Balaban J connectivity index is 3.22. The van der Waals surface area contributed by atoms with Crippen LogP contribution in [0.5, 0.6) is 5.75 Å². The van der Waals surface area contributed by atoms with Crippen molar-refractivity contribution in [2.24, 2.45) is 11.7 Å². The van der Waals surface area contributed by atoms with Crippen LogP contribution in [0.3, 0.4) is 0 Å². The molecule has 4 amide bonds. The SMILES string of the molecule is CCC(C)C(NC(=O)C(CCC(=O)O)NC(=O)C(CCC(=O)O)NC(=O)C(CCC(=O)O)NC(=O)C(N)Cc1ccc(O)cc1)C(=O)O. The van der Waals surface area contributed by atoms with Crippen molar-refractivity contribution in [1.29, 1.82) is 0 Å². The molecule has 0 spiro atoms. The molecule has 1 aromatic carbocycles. The second-order valence-electron chi connectivity index (χ2n) is 11.2. The van der Waals surface area contributed by atoms with Gasteiger partial charge >= 0.3 is 23.9 Å². The molecular formula is C30H43N5O13. The fourth-order valence-electron chi connectivity index (χ4n) is 4.35. The van der Waals surface area contributed by atoms with E-state index in [4.69, 9.17) is 10.8 Å². The highest BCUT2D eigenvalue weighted by molar-refractivity contribution is 5.96. The zero-order valence-corrected chi connectivity index (χ0v) is 26.5. The summed E-state index contributed by atoms with van der Waals surface area (Å²) in [6.45, 7) is 3.24. The van der Waals surface area contributed by atoms with Crippen LogP contribution in [0.25, 0.3) is 0 Å². The van der Waals surface area contributed by atoms with Crippen molar-refractivity contribution in [2.75, 3.05) is 0 Å². The van der Waals surface area contributed by atoms with Crippen LogP contribution in [0.4, 0.5) is 0 Å². The summed E-state index contributed by atoms with van der Waals surface area (Å²) in [7, 11) is 0. The topological polar surface area (TPSA) is 312 Å². The van der Waals surface area contributed by atoms with Gasteiger partial charge in [0.25, 0.3) is 0 Å². The largest absolute Gasteiger partial charge is 0.508 e. The number of carboxylic acid groups (broad SMARTS) is 4. The molecule has 0 aromatic heterocycles. The van der Waals surface area contributed by atoms with Crippen LogP contribution in [-0.2, 0) is 44.8 Å². The normalized spacial score (nSPS) is 14.6. The standard InChI is InChI=1S/C30H43N5O13/c1-3-15(2)25(30(47)48)35-29(46)21(10-13-24(41)42)34-28(45)20(9-12-23(39)40)33-27(44)19(8-11-22(37)38)32-26(43)18(31)14-16-4-6-17(36)7-5-16/h4-7,15,18-21,25,36H,3,8-14,31H2,1-2H3,(H,32,43)(H,33,44)(H,34,45)(H,35,46)(H,37,38)(H,39,40)(H,41,42)(H,47,48). The number of nitrogens with two attached hydrogens (primary N) is 1. The Morgan fingerprint density at radius 3 is 1.38 bits per heavy atom. The number of phenols is 1. The predicted octanol–water partition coefficient (Wildman–Crippen LogP) is -1.07. The Kier molecular flexibility index (Phi) is 17.1. The fourth-order valence-corrected chi connectivity index (χ4v) is 4.35. The van der Waals surface area contributed by atoms with Crippen molar-refractivity contribution in [2.45, 2.75) is 95.4 Å². The van der Waals surface area contributed by atoms with Gasteiger partial charge in [-0.25, -0.2) is 4.79 Å². The summed E-state index contributed by atoms with van der Waals surface area (Å²) >= 11 is 0. The van der Waals surface area contributed by atoms with Crippen LogP contribution >= 0.6 is 0 Å². The van der Waals surface area contributed by atoms with Crippen molar-refractivity contribution >= 4 is 47.5 Å².